The lowest BCUT2D eigenvalue weighted by Crippen LogP contribution is -2.39. The molecule has 1 fully saturated rings. The second-order valence-electron chi connectivity index (χ2n) is 5.55. The van der Waals surface area contributed by atoms with Gasteiger partial charge in [-0.15, -0.1) is 0 Å². The number of rotatable bonds is 6. The van der Waals surface area contributed by atoms with E-state index in [1.807, 2.05) is 36.1 Å². The minimum atomic E-state index is 0.219. The van der Waals surface area contributed by atoms with Crippen LogP contribution in [0.25, 0.3) is 0 Å². The van der Waals surface area contributed by atoms with Gasteiger partial charge in [-0.25, -0.2) is 4.99 Å². The summed E-state index contributed by atoms with van der Waals surface area (Å²) in [6, 6.07) is 7.68. The molecular weight excluding hydrogens is 312 g/mol. The van der Waals surface area contributed by atoms with Crippen LogP contribution in [0.2, 0.25) is 5.02 Å². The highest BCUT2D eigenvalue weighted by atomic mass is 35.5. The molecule has 0 spiro atoms. The van der Waals surface area contributed by atoms with E-state index in [2.05, 4.69) is 15.6 Å². The Morgan fingerprint density at radius 3 is 2.70 bits per heavy atom. The maximum Gasteiger partial charge on any atom is 0.224 e. The summed E-state index contributed by atoms with van der Waals surface area (Å²) in [6.07, 6.45) is 2.75. The standard InChI is InChI=1S/C17H25ClN4O/c1-2-19-17(21-13-14-7-3-4-8-15(14)18)20-10-9-16(23)22-11-5-6-12-22/h3-4,7-8H,2,5-6,9-13H2,1H3,(H2,19,20,21). The number of likely N-dealkylation sites (tertiary alicyclic amines) is 1. The van der Waals surface area contributed by atoms with Crippen molar-refractivity contribution in [2.75, 3.05) is 26.2 Å². The van der Waals surface area contributed by atoms with E-state index in [4.69, 9.17) is 11.6 Å². The van der Waals surface area contributed by atoms with Crippen LogP contribution in [0.3, 0.4) is 0 Å². The first-order valence-corrected chi connectivity index (χ1v) is 8.62. The minimum Gasteiger partial charge on any atom is -0.357 e. The molecule has 2 rings (SSSR count). The van der Waals surface area contributed by atoms with Crippen LogP contribution in [0.4, 0.5) is 0 Å². The SMILES string of the molecule is CCNC(=NCc1ccccc1Cl)NCCC(=O)N1CCCC1. The van der Waals surface area contributed by atoms with Crippen molar-refractivity contribution in [1.29, 1.82) is 0 Å². The molecule has 0 bridgehead atoms. The quantitative estimate of drug-likeness (QED) is 0.619. The van der Waals surface area contributed by atoms with Gasteiger partial charge in [0.25, 0.3) is 0 Å². The topological polar surface area (TPSA) is 56.7 Å². The van der Waals surface area contributed by atoms with Gasteiger partial charge in [-0.05, 0) is 31.4 Å². The van der Waals surface area contributed by atoms with Crippen LogP contribution in [0.1, 0.15) is 31.7 Å². The van der Waals surface area contributed by atoms with Crippen molar-refractivity contribution in [2.24, 2.45) is 4.99 Å². The summed E-state index contributed by atoms with van der Waals surface area (Å²) in [4.78, 5) is 18.5. The van der Waals surface area contributed by atoms with Gasteiger partial charge in [-0.2, -0.15) is 0 Å². The number of hydrogen-bond acceptors (Lipinski definition) is 2. The van der Waals surface area contributed by atoms with Crippen molar-refractivity contribution >= 4 is 23.5 Å². The molecule has 5 nitrogen and oxygen atoms in total. The molecule has 0 radical (unpaired) electrons. The van der Waals surface area contributed by atoms with Gasteiger partial charge < -0.3 is 15.5 Å². The van der Waals surface area contributed by atoms with Crippen molar-refractivity contribution in [3.8, 4) is 0 Å². The molecule has 0 atom stereocenters. The lowest BCUT2D eigenvalue weighted by atomic mass is 10.2. The Labute approximate surface area is 143 Å². The Hall–Kier alpha value is -1.75. The van der Waals surface area contributed by atoms with E-state index in [0.717, 1.165) is 43.1 Å². The van der Waals surface area contributed by atoms with Gasteiger partial charge in [-0.3, -0.25) is 4.79 Å². The molecule has 1 aromatic rings. The van der Waals surface area contributed by atoms with Crippen molar-refractivity contribution in [2.45, 2.75) is 32.7 Å². The molecule has 0 saturated carbocycles. The second-order valence-corrected chi connectivity index (χ2v) is 5.96. The molecule has 0 aliphatic carbocycles. The van der Waals surface area contributed by atoms with Gasteiger partial charge in [0.05, 0.1) is 6.54 Å². The zero-order valence-electron chi connectivity index (χ0n) is 13.6. The van der Waals surface area contributed by atoms with Crippen LogP contribution in [0, 0.1) is 0 Å². The maximum atomic E-state index is 12.0. The van der Waals surface area contributed by atoms with Gasteiger partial charge in [0.15, 0.2) is 5.96 Å². The summed E-state index contributed by atoms with van der Waals surface area (Å²) in [5, 5.41) is 7.12. The van der Waals surface area contributed by atoms with Crippen LogP contribution in [-0.4, -0.2) is 42.9 Å². The third-order valence-corrected chi connectivity index (χ3v) is 4.17. The Morgan fingerprint density at radius 2 is 2.00 bits per heavy atom. The lowest BCUT2D eigenvalue weighted by molar-refractivity contribution is -0.129. The molecule has 23 heavy (non-hydrogen) atoms. The average Bonchev–Trinajstić information content (AvgIpc) is 3.08. The van der Waals surface area contributed by atoms with E-state index in [9.17, 15) is 4.79 Å². The van der Waals surface area contributed by atoms with Crippen molar-refractivity contribution < 1.29 is 4.79 Å². The number of guanidine groups is 1. The van der Waals surface area contributed by atoms with Crippen LogP contribution >= 0.6 is 11.6 Å². The van der Waals surface area contributed by atoms with E-state index in [-0.39, 0.29) is 5.91 Å². The Bertz CT molecular complexity index is 541. The normalized spacial score (nSPS) is 14.9. The number of amides is 1. The zero-order valence-corrected chi connectivity index (χ0v) is 14.4. The predicted molar refractivity (Wildman–Crippen MR) is 94.7 cm³/mol. The van der Waals surface area contributed by atoms with Gasteiger partial charge in [0.2, 0.25) is 5.91 Å². The van der Waals surface area contributed by atoms with Crippen LogP contribution in [-0.2, 0) is 11.3 Å². The van der Waals surface area contributed by atoms with E-state index < -0.39 is 0 Å². The van der Waals surface area contributed by atoms with Crippen LogP contribution < -0.4 is 10.6 Å². The molecule has 1 amide bonds. The molecule has 1 aliphatic heterocycles. The molecule has 0 aromatic heterocycles. The van der Waals surface area contributed by atoms with E-state index in [1.54, 1.807) is 0 Å². The summed E-state index contributed by atoms with van der Waals surface area (Å²) in [7, 11) is 0. The molecule has 1 aromatic carbocycles. The summed E-state index contributed by atoms with van der Waals surface area (Å²) < 4.78 is 0. The maximum absolute atomic E-state index is 12.0. The molecule has 6 heteroatoms. The number of carbonyl (C=O) groups excluding carboxylic acids is 1. The number of carbonyl (C=O) groups is 1. The third kappa shape index (κ3) is 5.75. The highest BCUT2D eigenvalue weighted by Gasteiger charge is 2.17. The summed E-state index contributed by atoms with van der Waals surface area (Å²) in [6.45, 7) is 5.69. The van der Waals surface area contributed by atoms with E-state index >= 15 is 0 Å². The van der Waals surface area contributed by atoms with Crippen molar-refractivity contribution in [3.63, 3.8) is 0 Å². The highest BCUT2D eigenvalue weighted by Crippen LogP contribution is 2.15. The minimum absolute atomic E-state index is 0.219. The van der Waals surface area contributed by atoms with Gasteiger partial charge in [0.1, 0.15) is 0 Å². The van der Waals surface area contributed by atoms with Gasteiger partial charge in [-0.1, -0.05) is 29.8 Å². The summed E-state index contributed by atoms with van der Waals surface area (Å²) in [5.74, 6) is 0.929. The van der Waals surface area contributed by atoms with Gasteiger partial charge in [0, 0.05) is 37.6 Å². The Morgan fingerprint density at radius 1 is 1.26 bits per heavy atom. The first-order chi connectivity index (χ1) is 11.2. The molecule has 1 heterocycles. The van der Waals surface area contributed by atoms with Crippen LogP contribution in [0.5, 0.6) is 0 Å². The molecule has 126 valence electrons. The summed E-state index contributed by atoms with van der Waals surface area (Å²) in [5.41, 5.74) is 0.986. The molecule has 1 aliphatic rings. The zero-order chi connectivity index (χ0) is 16.5. The van der Waals surface area contributed by atoms with E-state index in [1.165, 1.54) is 0 Å². The molecular formula is C17H25ClN4O. The first-order valence-electron chi connectivity index (χ1n) is 8.24. The molecule has 1 saturated heterocycles. The highest BCUT2D eigenvalue weighted by molar-refractivity contribution is 6.31. The fourth-order valence-corrected chi connectivity index (χ4v) is 2.74. The fourth-order valence-electron chi connectivity index (χ4n) is 2.55. The molecule has 2 N–H and O–H groups in total. The fraction of sp³-hybridized carbons (Fsp3) is 0.529. The number of nitrogens with one attached hydrogen (secondary N) is 2. The number of nitrogens with zero attached hydrogens (tertiary/aromatic N) is 2. The predicted octanol–water partition coefficient (Wildman–Crippen LogP) is 2.41. The number of benzene rings is 1. The average molecular weight is 337 g/mol. The molecule has 0 unspecified atom stereocenters. The lowest BCUT2D eigenvalue weighted by Gasteiger charge is -2.16. The van der Waals surface area contributed by atoms with Gasteiger partial charge >= 0.3 is 0 Å². The summed E-state index contributed by atoms with van der Waals surface area (Å²) >= 11 is 6.14. The Kier molecular flexibility index (Phi) is 7.20. The largest absolute Gasteiger partial charge is 0.357 e. The van der Waals surface area contributed by atoms with E-state index in [0.29, 0.717) is 25.5 Å². The third-order valence-electron chi connectivity index (χ3n) is 3.80. The monoisotopic (exact) mass is 336 g/mol. The Balaban J connectivity index is 1.81. The number of halogens is 1. The van der Waals surface area contributed by atoms with Crippen LogP contribution in [0.15, 0.2) is 29.3 Å². The number of aliphatic imine (C=N–C) groups is 1. The smallest absolute Gasteiger partial charge is 0.224 e. The first kappa shape index (κ1) is 17.6. The second kappa shape index (κ2) is 9.40. The number of hydrogen-bond donors (Lipinski definition) is 2. The van der Waals surface area contributed by atoms with Crippen molar-refractivity contribution in [3.05, 3.63) is 34.9 Å². The van der Waals surface area contributed by atoms with Crippen molar-refractivity contribution in [1.82, 2.24) is 15.5 Å².